The molecule has 0 unspecified atom stereocenters. The fraction of sp³-hybridized carbons (Fsp3) is 0.350. The number of rotatable bonds is 6. The monoisotopic (exact) mass is 326 g/mol. The van der Waals surface area contributed by atoms with Gasteiger partial charge in [-0.15, -0.1) is 0 Å². The number of benzene rings is 2. The summed E-state index contributed by atoms with van der Waals surface area (Å²) in [5.74, 6) is 0.829. The van der Waals surface area contributed by atoms with Crippen LogP contribution >= 0.6 is 0 Å². The Morgan fingerprint density at radius 1 is 1.08 bits per heavy atom. The van der Waals surface area contributed by atoms with E-state index in [1.165, 1.54) is 0 Å². The Hall–Kier alpha value is -2.17. The average Bonchev–Trinajstić information content (AvgIpc) is 2.67. The molecular formula is C20H22O4. The van der Waals surface area contributed by atoms with Crippen LogP contribution in [0.5, 0.6) is 5.75 Å². The molecule has 1 saturated heterocycles. The third-order valence-corrected chi connectivity index (χ3v) is 4.28. The van der Waals surface area contributed by atoms with Crippen molar-refractivity contribution in [2.24, 2.45) is 0 Å². The van der Waals surface area contributed by atoms with Gasteiger partial charge in [-0.25, -0.2) is 0 Å². The van der Waals surface area contributed by atoms with Gasteiger partial charge in [-0.2, -0.15) is 0 Å². The molecule has 0 aliphatic carbocycles. The minimum absolute atomic E-state index is 0.00116. The van der Waals surface area contributed by atoms with Crippen molar-refractivity contribution in [3.8, 4) is 5.75 Å². The quantitative estimate of drug-likeness (QED) is 0.759. The maximum atomic E-state index is 11.2. The van der Waals surface area contributed by atoms with E-state index < -0.39 is 6.10 Å². The molecule has 24 heavy (non-hydrogen) atoms. The summed E-state index contributed by atoms with van der Waals surface area (Å²) in [6.45, 7) is 0.516. The lowest BCUT2D eigenvalue weighted by Gasteiger charge is -2.33. The minimum Gasteiger partial charge on any atom is -0.497 e. The summed E-state index contributed by atoms with van der Waals surface area (Å²) in [4.78, 5) is 11.2. The first-order valence-electron chi connectivity index (χ1n) is 8.18. The molecule has 0 saturated carbocycles. The normalized spacial score (nSPS) is 23.6. The molecule has 3 rings (SSSR count). The van der Waals surface area contributed by atoms with Crippen LogP contribution in [-0.4, -0.2) is 25.6 Å². The van der Waals surface area contributed by atoms with Crippen LogP contribution < -0.4 is 4.74 Å². The van der Waals surface area contributed by atoms with Gasteiger partial charge in [0.2, 0.25) is 0 Å². The lowest BCUT2D eigenvalue weighted by molar-refractivity contribution is -0.142. The van der Waals surface area contributed by atoms with E-state index in [-0.39, 0.29) is 12.2 Å². The smallest absolute Gasteiger partial charge is 0.148 e. The Kier molecular flexibility index (Phi) is 5.62. The lowest BCUT2D eigenvalue weighted by Crippen LogP contribution is -2.33. The van der Waals surface area contributed by atoms with Crippen molar-refractivity contribution in [3.63, 3.8) is 0 Å². The number of carbonyl (C=O) groups excluding carboxylic acids is 1. The zero-order valence-corrected chi connectivity index (χ0v) is 13.8. The summed E-state index contributed by atoms with van der Waals surface area (Å²) in [6.07, 6.45) is 1.72. The van der Waals surface area contributed by atoms with Crippen molar-refractivity contribution in [1.29, 1.82) is 0 Å². The first-order chi connectivity index (χ1) is 11.8. The fourth-order valence-electron chi connectivity index (χ4n) is 2.96. The number of aldehydes is 1. The highest BCUT2D eigenvalue weighted by atomic mass is 16.5. The predicted octanol–water partition coefficient (Wildman–Crippen LogP) is 3.70. The summed E-state index contributed by atoms with van der Waals surface area (Å²) in [5, 5.41) is 0. The van der Waals surface area contributed by atoms with Gasteiger partial charge in [-0.3, -0.25) is 0 Å². The van der Waals surface area contributed by atoms with Crippen LogP contribution in [0.15, 0.2) is 54.6 Å². The number of hydrogen-bond donors (Lipinski definition) is 0. The van der Waals surface area contributed by atoms with E-state index in [1.807, 2.05) is 54.6 Å². The molecule has 2 aromatic carbocycles. The van der Waals surface area contributed by atoms with Gasteiger partial charge in [0.15, 0.2) is 0 Å². The maximum absolute atomic E-state index is 11.2. The standard InChI is InChI=1S/C20H22O4/c1-22-17-9-7-15(8-10-17)14-23-18-11-19(13-21)24-20(12-18)16-5-3-2-4-6-16/h2-10,13,18-20H,11-12,14H2,1H3/t18-,19-,20-/m0/s1. The summed E-state index contributed by atoms with van der Waals surface area (Å²) in [5.41, 5.74) is 2.17. The van der Waals surface area contributed by atoms with E-state index in [9.17, 15) is 4.79 Å². The third-order valence-electron chi connectivity index (χ3n) is 4.28. The molecule has 0 radical (unpaired) electrons. The molecule has 3 atom stereocenters. The maximum Gasteiger partial charge on any atom is 0.148 e. The highest BCUT2D eigenvalue weighted by molar-refractivity contribution is 5.56. The Labute approximate surface area is 142 Å². The largest absolute Gasteiger partial charge is 0.497 e. The fourth-order valence-corrected chi connectivity index (χ4v) is 2.96. The molecule has 0 aromatic heterocycles. The van der Waals surface area contributed by atoms with Gasteiger partial charge in [0.1, 0.15) is 18.1 Å². The highest BCUT2D eigenvalue weighted by Gasteiger charge is 2.30. The van der Waals surface area contributed by atoms with E-state index in [1.54, 1.807) is 7.11 Å². The van der Waals surface area contributed by atoms with Crippen molar-refractivity contribution >= 4 is 6.29 Å². The van der Waals surface area contributed by atoms with Crippen molar-refractivity contribution in [2.45, 2.75) is 37.8 Å². The number of hydrogen-bond acceptors (Lipinski definition) is 4. The summed E-state index contributed by atoms with van der Waals surface area (Å²) in [6, 6.07) is 17.8. The van der Waals surface area contributed by atoms with Crippen molar-refractivity contribution in [1.82, 2.24) is 0 Å². The van der Waals surface area contributed by atoms with Gasteiger partial charge in [0.25, 0.3) is 0 Å². The Balaban J connectivity index is 1.62. The predicted molar refractivity (Wildman–Crippen MR) is 90.9 cm³/mol. The van der Waals surface area contributed by atoms with Gasteiger partial charge in [0, 0.05) is 12.8 Å². The Morgan fingerprint density at radius 2 is 1.83 bits per heavy atom. The van der Waals surface area contributed by atoms with Gasteiger partial charge in [-0.1, -0.05) is 42.5 Å². The van der Waals surface area contributed by atoms with E-state index in [0.29, 0.717) is 13.0 Å². The first-order valence-corrected chi connectivity index (χ1v) is 8.18. The zero-order chi connectivity index (χ0) is 16.8. The highest BCUT2D eigenvalue weighted by Crippen LogP contribution is 2.32. The second kappa shape index (κ2) is 8.08. The SMILES string of the molecule is COc1ccc(CO[C@H]2C[C@@H](C=O)O[C@H](c3ccccc3)C2)cc1. The molecule has 4 heteroatoms. The molecular weight excluding hydrogens is 304 g/mol. The Bertz CT molecular complexity index is 638. The van der Waals surface area contributed by atoms with Gasteiger partial charge in [0.05, 0.1) is 25.9 Å². The minimum atomic E-state index is -0.412. The molecule has 0 spiro atoms. The molecule has 0 amide bonds. The molecule has 0 bridgehead atoms. The number of methoxy groups -OCH3 is 1. The molecule has 1 aliphatic rings. The van der Waals surface area contributed by atoms with Crippen LogP contribution in [0.25, 0.3) is 0 Å². The van der Waals surface area contributed by atoms with E-state index in [2.05, 4.69) is 0 Å². The molecule has 1 heterocycles. The van der Waals surface area contributed by atoms with E-state index in [4.69, 9.17) is 14.2 Å². The van der Waals surface area contributed by atoms with Crippen molar-refractivity contribution < 1.29 is 19.0 Å². The summed E-state index contributed by atoms with van der Waals surface area (Å²) in [7, 11) is 1.65. The van der Waals surface area contributed by atoms with Crippen LogP contribution in [0.3, 0.4) is 0 Å². The lowest BCUT2D eigenvalue weighted by atomic mass is 9.96. The molecule has 126 valence electrons. The average molecular weight is 326 g/mol. The Morgan fingerprint density at radius 3 is 2.50 bits per heavy atom. The van der Waals surface area contributed by atoms with Crippen LogP contribution in [0, 0.1) is 0 Å². The molecule has 1 aliphatic heterocycles. The van der Waals surface area contributed by atoms with E-state index in [0.717, 1.165) is 29.6 Å². The number of carbonyl (C=O) groups is 1. The molecule has 4 nitrogen and oxygen atoms in total. The van der Waals surface area contributed by atoms with Crippen LogP contribution in [0.4, 0.5) is 0 Å². The zero-order valence-electron chi connectivity index (χ0n) is 13.8. The summed E-state index contributed by atoms with van der Waals surface area (Å²) >= 11 is 0. The van der Waals surface area contributed by atoms with Crippen molar-refractivity contribution in [2.75, 3.05) is 7.11 Å². The molecule has 2 aromatic rings. The second-order valence-corrected chi connectivity index (χ2v) is 5.96. The van der Waals surface area contributed by atoms with Gasteiger partial charge < -0.3 is 19.0 Å². The van der Waals surface area contributed by atoms with Crippen molar-refractivity contribution in [3.05, 3.63) is 65.7 Å². The molecule has 0 N–H and O–H groups in total. The molecule has 1 fully saturated rings. The van der Waals surface area contributed by atoms with E-state index >= 15 is 0 Å². The third kappa shape index (κ3) is 4.22. The van der Waals surface area contributed by atoms with Crippen LogP contribution in [0.2, 0.25) is 0 Å². The van der Waals surface area contributed by atoms with Gasteiger partial charge >= 0.3 is 0 Å². The van der Waals surface area contributed by atoms with Gasteiger partial charge in [-0.05, 0) is 23.3 Å². The topological polar surface area (TPSA) is 44.8 Å². The van der Waals surface area contributed by atoms with Crippen LogP contribution in [-0.2, 0) is 20.9 Å². The summed E-state index contributed by atoms with van der Waals surface area (Å²) < 4.78 is 17.1. The second-order valence-electron chi connectivity index (χ2n) is 5.96. The number of ether oxygens (including phenoxy) is 3. The van der Waals surface area contributed by atoms with Crippen LogP contribution in [0.1, 0.15) is 30.1 Å². The first kappa shape index (κ1) is 16.7.